The molecule has 170 valence electrons. The third kappa shape index (κ3) is 3.47. The Labute approximate surface area is 197 Å². The van der Waals surface area contributed by atoms with Crippen LogP contribution in [0.15, 0.2) is 46.9 Å². The predicted molar refractivity (Wildman–Crippen MR) is 127 cm³/mol. The molecule has 6 heteroatoms. The van der Waals surface area contributed by atoms with Crippen LogP contribution in [0, 0.1) is 29.6 Å². The maximum Gasteiger partial charge on any atom is 0.337 e. The van der Waals surface area contributed by atoms with Crippen molar-refractivity contribution in [3.8, 4) is 0 Å². The van der Waals surface area contributed by atoms with Gasteiger partial charge in [-0.1, -0.05) is 28.1 Å². The second-order valence-corrected chi connectivity index (χ2v) is 10.3. The fourth-order valence-corrected chi connectivity index (χ4v) is 7.20. The van der Waals surface area contributed by atoms with E-state index < -0.39 is 0 Å². The van der Waals surface area contributed by atoms with Crippen LogP contribution in [0.2, 0.25) is 0 Å². The van der Waals surface area contributed by atoms with Gasteiger partial charge in [-0.3, -0.25) is 0 Å². The quantitative estimate of drug-likeness (QED) is 0.548. The van der Waals surface area contributed by atoms with Crippen LogP contribution in [0.3, 0.4) is 0 Å². The van der Waals surface area contributed by atoms with Gasteiger partial charge in [-0.25, -0.2) is 4.79 Å². The largest absolute Gasteiger partial charge is 0.465 e. The molecule has 0 radical (unpaired) electrons. The number of hydrogen-bond donors (Lipinski definition) is 1. The molecule has 2 aliphatic carbocycles. The van der Waals surface area contributed by atoms with Crippen LogP contribution in [-0.4, -0.2) is 40.5 Å². The van der Waals surface area contributed by atoms with Gasteiger partial charge in [-0.05, 0) is 83.4 Å². The zero-order chi connectivity index (χ0) is 22.4. The molecule has 3 aliphatic rings. The Balaban J connectivity index is 1.61. The van der Waals surface area contributed by atoms with E-state index in [4.69, 9.17) is 14.2 Å². The minimum Gasteiger partial charge on any atom is -0.465 e. The molecule has 7 atom stereocenters. The van der Waals surface area contributed by atoms with E-state index in [9.17, 15) is 4.79 Å². The second-order valence-electron chi connectivity index (χ2n) is 9.37. The molecule has 0 aromatic heterocycles. The monoisotopic (exact) mass is 499 g/mol. The van der Waals surface area contributed by atoms with Gasteiger partial charge in [-0.2, -0.15) is 0 Å². The summed E-state index contributed by atoms with van der Waals surface area (Å²) in [6.45, 7) is 1.52. The van der Waals surface area contributed by atoms with Gasteiger partial charge in [0.2, 0.25) is 0 Å². The summed E-state index contributed by atoms with van der Waals surface area (Å²) in [6, 6.07) is 14.9. The molecule has 2 saturated carbocycles. The normalized spacial score (nSPS) is 32.2. The zero-order valence-electron chi connectivity index (χ0n) is 18.7. The highest BCUT2D eigenvalue weighted by atomic mass is 79.9. The van der Waals surface area contributed by atoms with Crippen LogP contribution >= 0.6 is 15.9 Å². The maximum absolute atomic E-state index is 12.3. The van der Waals surface area contributed by atoms with Gasteiger partial charge in [-0.15, -0.1) is 0 Å². The van der Waals surface area contributed by atoms with Crippen LogP contribution in [-0.2, 0) is 14.2 Å². The molecule has 2 aromatic rings. The van der Waals surface area contributed by atoms with Gasteiger partial charge in [0, 0.05) is 37.6 Å². The fraction of sp³-hybridized carbons (Fsp3) is 0.500. The van der Waals surface area contributed by atoms with E-state index in [1.54, 1.807) is 14.2 Å². The Bertz CT molecular complexity index is 994. The van der Waals surface area contributed by atoms with Crippen molar-refractivity contribution in [2.24, 2.45) is 29.6 Å². The van der Waals surface area contributed by atoms with Crippen molar-refractivity contribution in [2.45, 2.75) is 18.4 Å². The van der Waals surface area contributed by atoms with E-state index in [1.807, 2.05) is 12.1 Å². The molecule has 5 nitrogen and oxygen atoms in total. The average Bonchev–Trinajstić information content (AvgIpc) is 3.36. The number of carbonyl (C=O) groups is 1. The van der Waals surface area contributed by atoms with Crippen molar-refractivity contribution < 1.29 is 19.0 Å². The molecule has 0 unspecified atom stereocenters. The van der Waals surface area contributed by atoms with E-state index in [1.165, 1.54) is 24.7 Å². The number of methoxy groups -OCH3 is 3. The molecule has 1 aliphatic heterocycles. The number of hydrogen-bond acceptors (Lipinski definition) is 5. The number of anilines is 1. The van der Waals surface area contributed by atoms with Gasteiger partial charge in [0.25, 0.3) is 0 Å². The van der Waals surface area contributed by atoms with Crippen LogP contribution in [0.4, 0.5) is 5.69 Å². The van der Waals surface area contributed by atoms with Crippen molar-refractivity contribution in [2.75, 3.05) is 39.9 Å². The highest BCUT2D eigenvalue weighted by Gasteiger charge is 2.61. The Morgan fingerprint density at radius 3 is 2.34 bits per heavy atom. The molecule has 1 N–H and O–H groups in total. The van der Waals surface area contributed by atoms with E-state index >= 15 is 0 Å². The standard InChI is InChI=1S/C26H30BrNO4/c1-30-12-20-17-11-18(21(20)13-31-2)24-23(17)19-10-15(26(29)32-3)6-9-22(19)28-25(24)14-4-7-16(27)8-5-14/h4-10,17-18,20-21,23-25,28H,11-13H2,1-3H3/t17-,18+,20+,21-,23+,24+,25-/m0/s1. The van der Waals surface area contributed by atoms with Gasteiger partial charge in [0.05, 0.1) is 18.7 Å². The molecule has 1 heterocycles. The molecule has 0 saturated heterocycles. The fourth-order valence-electron chi connectivity index (χ4n) is 6.93. The SMILES string of the molecule is COC[C@@H]1[C@H](COC)[C@@H]2C[C@H]1[C@@H]1[C@H]2c2cc(C(=O)OC)ccc2N[C@H]1c1ccc(Br)cc1. The number of fused-ring (bicyclic) bond motifs is 7. The summed E-state index contributed by atoms with van der Waals surface area (Å²) < 4.78 is 17.5. The van der Waals surface area contributed by atoms with Crippen molar-refractivity contribution in [3.63, 3.8) is 0 Å². The lowest BCUT2D eigenvalue weighted by Crippen LogP contribution is -2.44. The lowest BCUT2D eigenvalue weighted by Gasteiger charge is -2.48. The number of esters is 1. The Hall–Kier alpha value is -1.89. The minimum absolute atomic E-state index is 0.224. The summed E-state index contributed by atoms with van der Waals surface area (Å²) in [5.74, 6) is 2.53. The van der Waals surface area contributed by atoms with Crippen LogP contribution < -0.4 is 5.32 Å². The Morgan fingerprint density at radius 2 is 1.69 bits per heavy atom. The van der Waals surface area contributed by atoms with Crippen LogP contribution in [0.25, 0.3) is 0 Å². The molecule has 0 spiro atoms. The van der Waals surface area contributed by atoms with E-state index in [0.717, 1.165) is 23.4 Å². The van der Waals surface area contributed by atoms with Gasteiger partial charge < -0.3 is 19.5 Å². The summed E-state index contributed by atoms with van der Waals surface area (Å²) in [5.41, 5.74) is 4.29. The number of rotatable bonds is 6. The Kier molecular flexibility index (Phi) is 6.03. The zero-order valence-corrected chi connectivity index (χ0v) is 20.3. The predicted octanol–water partition coefficient (Wildman–Crippen LogP) is 5.28. The molecule has 0 amide bonds. The van der Waals surface area contributed by atoms with Crippen LogP contribution in [0.1, 0.15) is 39.9 Å². The number of nitrogens with one attached hydrogen (secondary N) is 1. The lowest BCUT2D eigenvalue weighted by molar-refractivity contribution is 0.00869. The summed E-state index contributed by atoms with van der Waals surface area (Å²) >= 11 is 3.57. The molecule has 2 aromatic carbocycles. The average molecular weight is 500 g/mol. The topological polar surface area (TPSA) is 56.8 Å². The van der Waals surface area contributed by atoms with Gasteiger partial charge in [0.1, 0.15) is 0 Å². The van der Waals surface area contributed by atoms with Crippen molar-refractivity contribution >= 4 is 27.6 Å². The third-order valence-electron chi connectivity index (χ3n) is 8.04. The second kappa shape index (κ2) is 8.81. The number of benzene rings is 2. The first-order chi connectivity index (χ1) is 15.6. The van der Waals surface area contributed by atoms with Crippen molar-refractivity contribution in [3.05, 3.63) is 63.6 Å². The van der Waals surface area contributed by atoms with E-state index in [0.29, 0.717) is 41.1 Å². The summed E-state index contributed by atoms with van der Waals surface area (Å²) in [7, 11) is 5.04. The molecule has 5 rings (SSSR count). The van der Waals surface area contributed by atoms with Crippen LogP contribution in [0.5, 0.6) is 0 Å². The Morgan fingerprint density at radius 1 is 1.00 bits per heavy atom. The first kappa shape index (κ1) is 21.9. The number of halogens is 1. The highest BCUT2D eigenvalue weighted by molar-refractivity contribution is 9.10. The third-order valence-corrected chi connectivity index (χ3v) is 8.57. The summed E-state index contributed by atoms with van der Waals surface area (Å²) in [5, 5.41) is 3.84. The molecule has 2 bridgehead atoms. The van der Waals surface area contributed by atoms with Gasteiger partial charge in [0.15, 0.2) is 0 Å². The molecular weight excluding hydrogens is 470 g/mol. The number of ether oxygens (including phenoxy) is 3. The molecular formula is C26H30BrNO4. The highest BCUT2D eigenvalue weighted by Crippen LogP contribution is 2.67. The van der Waals surface area contributed by atoms with Crippen molar-refractivity contribution in [1.29, 1.82) is 0 Å². The van der Waals surface area contributed by atoms with E-state index in [2.05, 4.69) is 51.6 Å². The molecule has 2 fully saturated rings. The smallest absolute Gasteiger partial charge is 0.337 e. The molecule has 32 heavy (non-hydrogen) atoms. The summed E-state index contributed by atoms with van der Waals surface area (Å²) in [4.78, 5) is 12.3. The van der Waals surface area contributed by atoms with Crippen molar-refractivity contribution in [1.82, 2.24) is 0 Å². The van der Waals surface area contributed by atoms with E-state index in [-0.39, 0.29) is 12.0 Å². The number of carbonyl (C=O) groups excluding carboxylic acids is 1. The maximum atomic E-state index is 12.3. The first-order valence-corrected chi connectivity index (χ1v) is 12.1. The minimum atomic E-state index is -0.284. The van der Waals surface area contributed by atoms with Gasteiger partial charge >= 0.3 is 5.97 Å². The summed E-state index contributed by atoms with van der Waals surface area (Å²) in [6.07, 6.45) is 1.17. The first-order valence-electron chi connectivity index (χ1n) is 11.3. The lowest BCUT2D eigenvalue weighted by atomic mass is 9.61.